The summed E-state index contributed by atoms with van der Waals surface area (Å²) in [5.41, 5.74) is 2.34. The highest BCUT2D eigenvalue weighted by Gasteiger charge is 2.24. The Hall–Kier alpha value is -4.55. The van der Waals surface area contributed by atoms with Crippen molar-refractivity contribution in [2.75, 3.05) is 0 Å². The van der Waals surface area contributed by atoms with E-state index in [1.165, 1.54) is 58.0 Å². The van der Waals surface area contributed by atoms with E-state index in [1.54, 1.807) is 35.7 Å². The largest absolute Gasteiger partial charge is 0.311 e. The second kappa shape index (κ2) is 11.6. The van der Waals surface area contributed by atoms with E-state index in [0.717, 1.165) is 52.5 Å². The van der Waals surface area contributed by atoms with Crippen molar-refractivity contribution in [1.29, 1.82) is 0 Å². The number of nitrogens with one attached hydrogen (secondary N) is 1. The van der Waals surface area contributed by atoms with Gasteiger partial charge in [0.25, 0.3) is 0 Å². The molecule has 0 aliphatic carbocycles. The van der Waals surface area contributed by atoms with Crippen LogP contribution in [0.1, 0.15) is 0 Å². The maximum atomic E-state index is 5.10. The average molecular weight is 732 g/mol. The van der Waals surface area contributed by atoms with Crippen molar-refractivity contribution in [3.63, 3.8) is 0 Å². The summed E-state index contributed by atoms with van der Waals surface area (Å²) in [5, 5.41) is 49.0. The monoisotopic (exact) mass is 731 g/mol. The van der Waals surface area contributed by atoms with Gasteiger partial charge in [0.15, 0.2) is 16.8 Å². The molecule has 0 radical (unpaired) electrons. The van der Waals surface area contributed by atoms with Gasteiger partial charge in [-0.15, -0.1) is 54.4 Å². The molecule has 0 fully saturated rings. The molecule has 0 bridgehead atoms. The quantitative estimate of drug-likeness (QED) is 0.211. The third-order valence-corrected chi connectivity index (χ3v) is 12.2. The van der Waals surface area contributed by atoms with Gasteiger partial charge in [-0.05, 0) is 56.1 Å². The van der Waals surface area contributed by atoms with Gasteiger partial charge in [0, 0.05) is 41.0 Å². The molecule has 0 amide bonds. The number of thiophene rings is 3. The predicted octanol–water partition coefficient (Wildman–Crippen LogP) is 4.65. The highest BCUT2D eigenvalue weighted by atomic mass is 32.2. The van der Waals surface area contributed by atoms with E-state index in [-0.39, 0.29) is 0 Å². The summed E-state index contributed by atoms with van der Waals surface area (Å²) in [7, 11) is 3.68. The van der Waals surface area contributed by atoms with Crippen LogP contribution in [0.15, 0.2) is 64.7 Å². The van der Waals surface area contributed by atoms with E-state index in [9.17, 15) is 0 Å². The lowest BCUT2D eigenvalue weighted by Crippen LogP contribution is -1.97. The van der Waals surface area contributed by atoms with Crippen LogP contribution >= 0.6 is 69.3 Å². The topological polar surface area (TPSA) is 206 Å². The molecule has 230 valence electrons. The summed E-state index contributed by atoms with van der Waals surface area (Å²) in [5.74, 6) is 1.06. The molecule has 9 heterocycles. The van der Waals surface area contributed by atoms with Crippen molar-refractivity contribution in [3.05, 3.63) is 34.2 Å². The fourth-order valence-electron chi connectivity index (χ4n) is 4.51. The second-order valence-electron chi connectivity index (χ2n) is 9.53. The number of rotatable bonds is 8. The van der Waals surface area contributed by atoms with Gasteiger partial charge in [-0.2, -0.15) is 0 Å². The SMILES string of the molecule is Cn1cnnc1Sc1ncnc2csc(-c3nc(Sc4nnn[nH]4)c4c(-c5nc(Sc6nnnn6C)c6cscc6n5)scc4n3)c12. The minimum Gasteiger partial charge on any atom is -0.311 e. The standard InChI is InChI=1S/C24H13N17S6/c1-40-8-27-34-23(40)47-20-13-11(25-7-26-20)5-43-15(13)18-29-12-6-44-16(14(12)21(31-18)45-22-32-36-37-33-22)17-28-10-4-42-3-9(10)19(30-17)46-24-35-38-39-41(24)2/h3-8H,1-2H3,(H,32,33,36,37). The van der Waals surface area contributed by atoms with Gasteiger partial charge < -0.3 is 4.57 Å². The van der Waals surface area contributed by atoms with Crippen LogP contribution in [0.5, 0.6) is 0 Å². The number of nitrogens with zero attached hydrogens (tertiary/aromatic N) is 16. The number of aryl methyl sites for hydroxylation is 2. The molecule has 0 spiro atoms. The van der Waals surface area contributed by atoms with Gasteiger partial charge >= 0.3 is 0 Å². The number of H-pyrrole nitrogens is 1. The normalized spacial score (nSPS) is 11.9. The van der Waals surface area contributed by atoms with Gasteiger partial charge in [0.1, 0.15) is 27.7 Å². The first kappa shape index (κ1) is 28.7. The Morgan fingerprint density at radius 2 is 1.49 bits per heavy atom. The van der Waals surface area contributed by atoms with Crippen molar-refractivity contribution in [1.82, 2.24) is 85.5 Å². The van der Waals surface area contributed by atoms with Crippen LogP contribution in [0, 0.1) is 0 Å². The summed E-state index contributed by atoms with van der Waals surface area (Å²) < 4.78 is 3.45. The number of fused-ring (bicyclic) bond motifs is 3. The van der Waals surface area contributed by atoms with Crippen molar-refractivity contribution < 1.29 is 0 Å². The van der Waals surface area contributed by atoms with Crippen molar-refractivity contribution >= 4 is 102 Å². The van der Waals surface area contributed by atoms with Gasteiger partial charge in [0.05, 0.1) is 37.1 Å². The van der Waals surface area contributed by atoms with Crippen molar-refractivity contribution in [3.8, 4) is 21.4 Å². The van der Waals surface area contributed by atoms with E-state index < -0.39 is 0 Å². The number of aromatic nitrogens is 17. The highest BCUT2D eigenvalue weighted by molar-refractivity contribution is 7.99. The van der Waals surface area contributed by atoms with E-state index in [4.69, 9.17) is 19.9 Å². The molecule has 0 aliphatic rings. The lowest BCUT2D eigenvalue weighted by Gasteiger charge is -2.08. The molecule has 0 unspecified atom stereocenters. The number of hydrogen-bond donors (Lipinski definition) is 1. The Kier molecular flexibility index (Phi) is 7.07. The number of hydrogen-bond acceptors (Lipinski definition) is 20. The molecule has 9 aromatic rings. The minimum absolute atomic E-state index is 0.478. The lowest BCUT2D eigenvalue weighted by atomic mass is 10.2. The van der Waals surface area contributed by atoms with Crippen LogP contribution in [-0.4, -0.2) is 85.5 Å². The van der Waals surface area contributed by atoms with Gasteiger partial charge in [-0.3, -0.25) is 0 Å². The third kappa shape index (κ3) is 5.10. The Bertz CT molecular complexity index is 2560. The van der Waals surface area contributed by atoms with Crippen LogP contribution < -0.4 is 0 Å². The zero-order chi connectivity index (χ0) is 31.5. The summed E-state index contributed by atoms with van der Waals surface area (Å²) in [6.07, 6.45) is 3.19. The summed E-state index contributed by atoms with van der Waals surface area (Å²) in [6, 6.07) is 0. The molecular formula is C24H13N17S6. The Balaban J connectivity index is 1.21. The first-order valence-electron chi connectivity index (χ1n) is 13.2. The van der Waals surface area contributed by atoms with Crippen LogP contribution in [0.3, 0.4) is 0 Å². The van der Waals surface area contributed by atoms with Crippen LogP contribution in [0.25, 0.3) is 54.1 Å². The molecule has 0 saturated carbocycles. The Morgan fingerprint density at radius 3 is 2.26 bits per heavy atom. The first-order chi connectivity index (χ1) is 23.1. The molecule has 0 aromatic carbocycles. The summed E-state index contributed by atoms with van der Waals surface area (Å²) >= 11 is 8.64. The molecule has 23 heteroatoms. The predicted molar refractivity (Wildman–Crippen MR) is 177 cm³/mol. The zero-order valence-corrected chi connectivity index (χ0v) is 28.5. The maximum Gasteiger partial charge on any atom is 0.215 e. The molecular weight excluding hydrogens is 719 g/mol. The van der Waals surface area contributed by atoms with Crippen LogP contribution in [0.4, 0.5) is 0 Å². The van der Waals surface area contributed by atoms with Crippen molar-refractivity contribution in [2.24, 2.45) is 14.1 Å². The first-order valence-corrected chi connectivity index (χ1v) is 18.3. The number of tetrazole rings is 2. The molecule has 0 aliphatic heterocycles. The molecule has 1 N–H and O–H groups in total. The van der Waals surface area contributed by atoms with E-state index in [1.807, 2.05) is 33.1 Å². The van der Waals surface area contributed by atoms with Crippen LogP contribution in [-0.2, 0) is 14.1 Å². The zero-order valence-electron chi connectivity index (χ0n) is 23.6. The molecule has 17 nitrogen and oxygen atoms in total. The molecule has 9 aromatic heterocycles. The molecule has 0 atom stereocenters. The van der Waals surface area contributed by atoms with Gasteiger partial charge in [-0.1, -0.05) is 0 Å². The average Bonchev–Trinajstić information content (AvgIpc) is 3.92. The Morgan fingerprint density at radius 1 is 0.702 bits per heavy atom. The smallest absolute Gasteiger partial charge is 0.215 e. The van der Waals surface area contributed by atoms with E-state index in [0.29, 0.717) is 32.1 Å². The van der Waals surface area contributed by atoms with Gasteiger partial charge in [-0.25, -0.2) is 39.7 Å². The maximum absolute atomic E-state index is 5.10. The lowest BCUT2D eigenvalue weighted by molar-refractivity contribution is 0.664. The Labute approximate surface area is 286 Å². The number of aromatic amines is 1. The van der Waals surface area contributed by atoms with E-state index in [2.05, 4.69) is 56.3 Å². The molecule has 9 rings (SSSR count). The van der Waals surface area contributed by atoms with Crippen molar-refractivity contribution in [2.45, 2.75) is 30.5 Å². The molecule has 47 heavy (non-hydrogen) atoms. The third-order valence-electron chi connectivity index (χ3n) is 6.63. The fraction of sp³-hybridized carbons (Fsp3) is 0.0833. The van der Waals surface area contributed by atoms with Gasteiger partial charge in [0.2, 0.25) is 10.3 Å². The van der Waals surface area contributed by atoms with Crippen LogP contribution in [0.2, 0.25) is 0 Å². The summed E-state index contributed by atoms with van der Waals surface area (Å²) in [6.45, 7) is 0. The minimum atomic E-state index is 0.478. The van der Waals surface area contributed by atoms with E-state index >= 15 is 0 Å². The fourth-order valence-corrected chi connectivity index (χ4v) is 9.77. The second-order valence-corrected chi connectivity index (χ2v) is 14.9. The summed E-state index contributed by atoms with van der Waals surface area (Å²) in [4.78, 5) is 30.8. The molecule has 0 saturated heterocycles. The highest BCUT2D eigenvalue weighted by Crippen LogP contribution is 2.44.